The highest BCUT2D eigenvalue weighted by molar-refractivity contribution is 7.98. The van der Waals surface area contributed by atoms with Crippen LogP contribution in [0.1, 0.15) is 16.7 Å². The molecule has 6 heteroatoms. The van der Waals surface area contributed by atoms with E-state index in [2.05, 4.69) is 10.3 Å². The predicted octanol–water partition coefficient (Wildman–Crippen LogP) is 3.82. The Balaban J connectivity index is 1.94. The lowest BCUT2D eigenvalue weighted by atomic mass is 9.90. The van der Waals surface area contributed by atoms with Crippen LogP contribution in [0.5, 0.6) is 0 Å². The Bertz CT molecular complexity index is 969. The number of thioether (sulfide) groups is 1. The van der Waals surface area contributed by atoms with Gasteiger partial charge >= 0.3 is 0 Å². The highest BCUT2D eigenvalue weighted by atomic mass is 32.2. The third-order valence-electron chi connectivity index (χ3n) is 4.29. The Hall–Kier alpha value is -2.57. The molecule has 2 atom stereocenters. The third-order valence-corrected chi connectivity index (χ3v) is 5.28. The highest BCUT2D eigenvalue weighted by Crippen LogP contribution is 2.45. The summed E-state index contributed by atoms with van der Waals surface area (Å²) in [4.78, 5) is 0. The van der Waals surface area contributed by atoms with Crippen molar-refractivity contribution in [2.45, 2.75) is 11.0 Å². The van der Waals surface area contributed by atoms with Gasteiger partial charge in [-0.25, -0.2) is 4.68 Å². The molecule has 0 amide bonds. The number of nitrogens with zero attached hydrogens (tertiary/aromatic N) is 3. The number of para-hydroxylation sites is 1. The topological polar surface area (TPSA) is 64.1 Å². The van der Waals surface area contributed by atoms with Crippen LogP contribution in [0.15, 0.2) is 77.4 Å². The number of aliphatic hydroxyl groups is 1. The molecule has 0 fully saturated rings. The predicted molar refractivity (Wildman–Crippen MR) is 98.2 cm³/mol. The molecule has 25 heavy (non-hydrogen) atoms. The smallest absolute Gasteiger partial charge is 0.179 e. The van der Waals surface area contributed by atoms with Crippen LogP contribution in [0.25, 0.3) is 11.0 Å². The van der Waals surface area contributed by atoms with Crippen molar-refractivity contribution in [3.05, 3.63) is 84.3 Å². The van der Waals surface area contributed by atoms with Gasteiger partial charge in [0.15, 0.2) is 5.60 Å². The van der Waals surface area contributed by atoms with E-state index in [-0.39, 0.29) is 0 Å². The Morgan fingerprint density at radius 3 is 2.52 bits per heavy atom. The first-order chi connectivity index (χ1) is 12.2. The molecule has 0 saturated heterocycles. The molecule has 126 valence electrons. The van der Waals surface area contributed by atoms with Gasteiger partial charge in [0.05, 0.1) is 11.8 Å². The fourth-order valence-electron chi connectivity index (χ4n) is 3.10. The van der Waals surface area contributed by atoms with Gasteiger partial charge < -0.3 is 9.52 Å². The minimum atomic E-state index is -1.39. The molecule has 2 unspecified atom stereocenters. The summed E-state index contributed by atoms with van der Waals surface area (Å²) in [7, 11) is 0. The van der Waals surface area contributed by atoms with Gasteiger partial charge in [-0.1, -0.05) is 47.7 Å². The van der Waals surface area contributed by atoms with Crippen LogP contribution in [0.4, 0.5) is 0 Å². The first kappa shape index (κ1) is 15.9. The van der Waals surface area contributed by atoms with Gasteiger partial charge in [0.2, 0.25) is 0 Å². The average Bonchev–Trinajstić information content (AvgIpc) is 3.33. The standard InChI is InChI=1S/C19H17N3O2S/c1-25-18(22-16-11-6-5-10-15(16)20-21-22)19(23,17-12-7-13-24-17)14-8-3-2-4-9-14/h2-13,18,23H,1H3. The monoisotopic (exact) mass is 351 g/mol. The van der Waals surface area contributed by atoms with Gasteiger partial charge in [-0.2, -0.15) is 0 Å². The zero-order valence-corrected chi connectivity index (χ0v) is 14.4. The fourth-order valence-corrected chi connectivity index (χ4v) is 4.05. The van der Waals surface area contributed by atoms with Crippen molar-refractivity contribution >= 4 is 22.8 Å². The van der Waals surface area contributed by atoms with Gasteiger partial charge in [0, 0.05) is 0 Å². The van der Waals surface area contributed by atoms with Crippen molar-refractivity contribution < 1.29 is 9.52 Å². The second-order valence-electron chi connectivity index (χ2n) is 5.72. The first-order valence-corrected chi connectivity index (χ1v) is 9.18. The summed E-state index contributed by atoms with van der Waals surface area (Å²) >= 11 is 1.49. The number of hydrogen-bond donors (Lipinski definition) is 1. The minimum Gasteiger partial charge on any atom is -0.466 e. The summed E-state index contributed by atoms with van der Waals surface area (Å²) in [5.74, 6) is 0.470. The van der Waals surface area contributed by atoms with E-state index in [1.54, 1.807) is 23.1 Å². The molecular weight excluding hydrogens is 334 g/mol. The van der Waals surface area contributed by atoms with Crippen LogP contribution in [-0.2, 0) is 5.60 Å². The molecule has 0 radical (unpaired) electrons. The molecular formula is C19H17N3O2S. The zero-order valence-electron chi connectivity index (χ0n) is 13.6. The Kier molecular flexibility index (Phi) is 4.07. The van der Waals surface area contributed by atoms with Crippen molar-refractivity contribution in [3.63, 3.8) is 0 Å². The number of aromatic nitrogens is 3. The third kappa shape index (κ3) is 2.54. The van der Waals surface area contributed by atoms with Crippen molar-refractivity contribution in [2.24, 2.45) is 0 Å². The lowest BCUT2D eigenvalue weighted by Gasteiger charge is -2.34. The molecule has 0 aliphatic heterocycles. The van der Waals surface area contributed by atoms with Crippen molar-refractivity contribution in [3.8, 4) is 0 Å². The Labute approximate surface area is 149 Å². The van der Waals surface area contributed by atoms with E-state index < -0.39 is 11.0 Å². The molecule has 2 heterocycles. The van der Waals surface area contributed by atoms with E-state index in [1.165, 1.54) is 11.8 Å². The molecule has 5 nitrogen and oxygen atoms in total. The largest absolute Gasteiger partial charge is 0.466 e. The molecule has 0 bridgehead atoms. The molecule has 2 aromatic carbocycles. The second kappa shape index (κ2) is 6.38. The summed E-state index contributed by atoms with van der Waals surface area (Å²) in [5.41, 5.74) is 1.00. The van der Waals surface area contributed by atoms with Crippen LogP contribution >= 0.6 is 11.8 Å². The summed E-state index contributed by atoms with van der Waals surface area (Å²) in [6.45, 7) is 0. The van der Waals surface area contributed by atoms with Crippen LogP contribution in [0, 0.1) is 0 Å². The molecule has 4 rings (SSSR count). The SMILES string of the molecule is CSC(n1nnc2ccccc21)C(O)(c1ccccc1)c1ccco1. The summed E-state index contributed by atoms with van der Waals surface area (Å²) < 4.78 is 7.38. The summed E-state index contributed by atoms with van der Waals surface area (Å²) in [6.07, 6.45) is 3.51. The first-order valence-electron chi connectivity index (χ1n) is 7.89. The van der Waals surface area contributed by atoms with Gasteiger partial charge in [0.1, 0.15) is 16.7 Å². The molecule has 0 aliphatic rings. The number of rotatable bonds is 5. The number of furan rings is 1. The van der Waals surface area contributed by atoms with Crippen molar-refractivity contribution in [1.82, 2.24) is 15.0 Å². The van der Waals surface area contributed by atoms with Gasteiger partial charge in [-0.15, -0.1) is 16.9 Å². The maximum Gasteiger partial charge on any atom is 0.179 e. The van der Waals surface area contributed by atoms with Crippen molar-refractivity contribution in [1.29, 1.82) is 0 Å². The summed E-state index contributed by atoms with van der Waals surface area (Å²) in [5, 5.41) is 19.9. The van der Waals surface area contributed by atoms with Crippen LogP contribution in [0.3, 0.4) is 0 Å². The van der Waals surface area contributed by atoms with Crippen LogP contribution in [-0.4, -0.2) is 26.4 Å². The quantitative estimate of drug-likeness (QED) is 0.592. The molecule has 4 aromatic rings. The molecule has 0 aliphatic carbocycles. The highest BCUT2D eigenvalue weighted by Gasteiger charge is 2.45. The molecule has 0 saturated carbocycles. The zero-order chi connectivity index (χ0) is 17.3. The van der Waals surface area contributed by atoms with E-state index >= 15 is 0 Å². The molecule has 1 N–H and O–H groups in total. The summed E-state index contributed by atoms with van der Waals surface area (Å²) in [6, 6.07) is 20.8. The average molecular weight is 351 g/mol. The molecule has 0 spiro atoms. The van der Waals surface area contributed by atoms with Gasteiger partial charge in [-0.3, -0.25) is 0 Å². The van der Waals surface area contributed by atoms with E-state index in [9.17, 15) is 5.11 Å². The Morgan fingerprint density at radius 2 is 1.80 bits per heavy atom. The van der Waals surface area contributed by atoms with Crippen LogP contribution < -0.4 is 0 Å². The minimum absolute atomic E-state index is 0.451. The maximum absolute atomic E-state index is 11.8. The van der Waals surface area contributed by atoms with E-state index in [0.29, 0.717) is 5.76 Å². The number of fused-ring (bicyclic) bond motifs is 1. The fraction of sp³-hybridized carbons (Fsp3) is 0.158. The van der Waals surface area contributed by atoms with E-state index in [4.69, 9.17) is 4.42 Å². The van der Waals surface area contributed by atoms with Crippen LogP contribution in [0.2, 0.25) is 0 Å². The molecule has 2 aromatic heterocycles. The van der Waals surface area contributed by atoms with E-state index in [0.717, 1.165) is 16.6 Å². The number of hydrogen-bond acceptors (Lipinski definition) is 5. The van der Waals surface area contributed by atoms with E-state index in [1.807, 2.05) is 60.9 Å². The number of benzene rings is 2. The Morgan fingerprint density at radius 1 is 1.04 bits per heavy atom. The van der Waals surface area contributed by atoms with Crippen molar-refractivity contribution in [2.75, 3.05) is 6.26 Å². The lowest BCUT2D eigenvalue weighted by Crippen LogP contribution is -2.36. The van der Waals surface area contributed by atoms with Gasteiger partial charge in [0.25, 0.3) is 0 Å². The maximum atomic E-state index is 11.8. The van der Waals surface area contributed by atoms with Gasteiger partial charge in [-0.05, 0) is 36.1 Å². The lowest BCUT2D eigenvalue weighted by molar-refractivity contribution is 0.0321. The normalized spacial score (nSPS) is 15.1. The second-order valence-corrected chi connectivity index (χ2v) is 6.64.